The molecular weight excluding hydrogens is 218 g/mol. The van der Waals surface area contributed by atoms with Gasteiger partial charge in [0.15, 0.2) is 0 Å². The first-order valence-corrected chi connectivity index (χ1v) is 0.561. The van der Waals surface area contributed by atoms with E-state index in [9.17, 15) is 0 Å². The minimum atomic E-state index is 0. The van der Waals surface area contributed by atoms with Crippen molar-refractivity contribution < 1.29 is 64.6 Å². The van der Waals surface area contributed by atoms with Gasteiger partial charge in [0.1, 0.15) is 0 Å². The molecule has 0 aromatic rings. The Labute approximate surface area is 64.6 Å². The molecule has 0 rings (SSSR count). The second-order valence-electron chi connectivity index (χ2n) is 0. The third-order valence-corrected chi connectivity index (χ3v) is 0. The molecule has 1 radical (unpaired) electrons. The summed E-state index contributed by atoms with van der Waals surface area (Å²) >= 11 is 2.31. The van der Waals surface area contributed by atoms with Crippen LogP contribution in [0.1, 0.15) is 0 Å². The van der Waals surface area contributed by atoms with Gasteiger partial charge in [-0.3, -0.25) is 0 Å². The van der Waals surface area contributed by atoms with Crippen LogP contribution < -0.4 is 0 Å². The molecule has 0 unspecified atom stereocenters. The molecule has 6 heteroatoms. The first-order valence-electron chi connectivity index (χ1n) is 0.136. The Morgan fingerprint density at radius 2 is 1.00 bits per heavy atom. The first-order chi connectivity index (χ1) is 1.00. The normalized spacial score (nSPS) is 0.833. The Morgan fingerprint density at radius 3 is 1.00 bits per heavy atom. The molecule has 0 atom stereocenters. The van der Waals surface area contributed by atoms with Crippen molar-refractivity contribution in [2.45, 2.75) is 0 Å². The van der Waals surface area contributed by atoms with E-state index < -0.39 is 0 Å². The summed E-state index contributed by atoms with van der Waals surface area (Å²) in [6, 6.07) is 0. The van der Waals surface area contributed by atoms with E-state index in [0.29, 0.717) is 0 Å². The zero-order valence-corrected chi connectivity index (χ0v) is 5.62. The number of hydrogen-bond donors (Lipinski definition) is 0. The predicted octanol–water partition coefficient (Wildman–Crippen LogP) is -0.364. The van der Waals surface area contributed by atoms with Gasteiger partial charge in [-0.15, -0.1) is 0 Å². The first kappa shape index (κ1) is 55.6. The Hall–Kier alpha value is 1.27. The molecular formula is CoFeMnO3. The van der Waals surface area contributed by atoms with Crippen molar-refractivity contribution in [3.8, 4) is 0 Å². The molecule has 0 heterocycles. The molecule has 0 saturated heterocycles. The molecule has 0 spiro atoms. The van der Waals surface area contributed by atoms with Gasteiger partial charge in [0.2, 0.25) is 0 Å². The van der Waals surface area contributed by atoms with Crippen molar-refractivity contribution in [1.82, 2.24) is 0 Å². The summed E-state index contributed by atoms with van der Waals surface area (Å²) in [6.45, 7) is 0. The van der Waals surface area contributed by atoms with Gasteiger partial charge in [-0.25, -0.2) is 0 Å². The third-order valence-electron chi connectivity index (χ3n) is 0. The fraction of sp³-hybridized carbons (Fsp3) is 0. The molecule has 0 saturated carbocycles. The van der Waals surface area contributed by atoms with E-state index >= 15 is 0 Å². The van der Waals surface area contributed by atoms with Crippen LogP contribution in [0.3, 0.4) is 0 Å². The summed E-state index contributed by atoms with van der Waals surface area (Å²) in [5, 5.41) is 0. The van der Waals surface area contributed by atoms with Crippen molar-refractivity contribution in [3.05, 3.63) is 0 Å². The number of rotatable bonds is 0. The van der Waals surface area contributed by atoms with Crippen LogP contribution in [0.4, 0.5) is 0 Å². The average molecular weight is 218 g/mol. The van der Waals surface area contributed by atoms with Crippen LogP contribution in [0.25, 0.3) is 0 Å². The summed E-state index contributed by atoms with van der Waals surface area (Å²) in [5.74, 6) is 0. The van der Waals surface area contributed by atoms with Crippen LogP contribution >= 0.6 is 0 Å². The van der Waals surface area contributed by atoms with Crippen molar-refractivity contribution in [2.24, 2.45) is 0 Å². The van der Waals surface area contributed by atoms with Gasteiger partial charge in [0, 0.05) is 0 Å². The van der Waals surface area contributed by atoms with E-state index in [2.05, 4.69) is 15.7 Å². The fourth-order valence-electron chi connectivity index (χ4n) is 0. The monoisotopic (exact) mass is 218 g/mol. The molecule has 0 aromatic carbocycles. The topological polar surface area (TPSA) is 74.1 Å². The summed E-state index contributed by atoms with van der Waals surface area (Å²) in [5.41, 5.74) is 0. The quantitative estimate of drug-likeness (QED) is 0.511. The van der Waals surface area contributed by atoms with E-state index in [-0.39, 0.29) is 45.1 Å². The molecule has 42 valence electrons. The molecule has 3 nitrogen and oxygen atoms in total. The van der Waals surface area contributed by atoms with Gasteiger partial charge >= 0.3 is 53.7 Å². The van der Waals surface area contributed by atoms with Gasteiger partial charge in [0.25, 0.3) is 0 Å². The molecule has 0 aromatic heterocycles. The molecule has 0 aliphatic heterocycles. The van der Waals surface area contributed by atoms with Gasteiger partial charge in [0.05, 0.1) is 0 Å². The average Bonchev–Trinajstić information content (AvgIpc) is 1.00. The maximum atomic E-state index is 7.94. The molecule has 0 bridgehead atoms. The summed E-state index contributed by atoms with van der Waals surface area (Å²) in [6.07, 6.45) is 0. The molecule has 0 aliphatic carbocycles. The van der Waals surface area contributed by atoms with Crippen LogP contribution in [0.5, 0.6) is 0 Å². The summed E-state index contributed by atoms with van der Waals surface area (Å²) < 4.78 is 7.94. The second kappa shape index (κ2) is 108. The van der Waals surface area contributed by atoms with Gasteiger partial charge in [-0.1, -0.05) is 0 Å². The molecule has 0 N–H and O–H groups in total. The third kappa shape index (κ3) is 59.8. The molecule has 0 fully saturated rings. The predicted molar refractivity (Wildman–Crippen MR) is 2.06 cm³/mol. The van der Waals surface area contributed by atoms with Crippen molar-refractivity contribution in [1.29, 1.82) is 0 Å². The van der Waals surface area contributed by atoms with E-state index in [1.807, 2.05) is 0 Å². The van der Waals surface area contributed by atoms with Crippen LogP contribution in [-0.2, 0) is 64.6 Å². The van der Waals surface area contributed by atoms with Gasteiger partial charge < -0.3 is 11.0 Å². The van der Waals surface area contributed by atoms with Crippen LogP contribution in [-0.4, -0.2) is 0 Å². The van der Waals surface area contributed by atoms with Gasteiger partial charge in [-0.05, 0) is 0 Å². The molecule has 0 amide bonds. The Morgan fingerprint density at radius 1 is 1.00 bits per heavy atom. The Bertz CT molecular complexity index is 10.8. The van der Waals surface area contributed by atoms with Crippen LogP contribution in [0.2, 0.25) is 0 Å². The van der Waals surface area contributed by atoms with Crippen molar-refractivity contribution in [3.63, 3.8) is 0 Å². The SMILES string of the molecule is [Fe+2].[Mn+2].[O-2].[O-2].[O]=[Co]. The van der Waals surface area contributed by atoms with Crippen LogP contribution in [0.15, 0.2) is 0 Å². The fourth-order valence-corrected chi connectivity index (χ4v) is 0. The van der Waals surface area contributed by atoms with E-state index in [1.54, 1.807) is 0 Å². The Balaban J connectivity index is -0.000000000833. The summed E-state index contributed by atoms with van der Waals surface area (Å²) in [7, 11) is 0. The molecule has 0 aliphatic rings. The van der Waals surface area contributed by atoms with Crippen LogP contribution in [0, 0.1) is 0 Å². The minimum absolute atomic E-state index is 0. The Kier molecular flexibility index (Phi) is 1000. The zero-order chi connectivity index (χ0) is 2.00. The van der Waals surface area contributed by atoms with Crippen molar-refractivity contribution >= 4 is 0 Å². The van der Waals surface area contributed by atoms with Gasteiger partial charge in [-0.2, -0.15) is 0 Å². The number of hydrogen-bond acceptors (Lipinski definition) is 1. The van der Waals surface area contributed by atoms with E-state index in [4.69, 9.17) is 3.87 Å². The van der Waals surface area contributed by atoms with Crippen molar-refractivity contribution in [2.75, 3.05) is 0 Å². The maximum absolute atomic E-state index is 7.94. The summed E-state index contributed by atoms with van der Waals surface area (Å²) in [4.78, 5) is 0. The standard InChI is InChI=1S/Co.Fe.Mn.3O/q;2*+2;;2*-2. The van der Waals surface area contributed by atoms with E-state index in [1.165, 1.54) is 0 Å². The second-order valence-corrected chi connectivity index (χ2v) is 0. The van der Waals surface area contributed by atoms with E-state index in [0.717, 1.165) is 0 Å². The zero-order valence-electron chi connectivity index (χ0n) is 2.29. The molecule has 6 heavy (non-hydrogen) atoms.